The summed E-state index contributed by atoms with van der Waals surface area (Å²) in [4.78, 5) is 19.6. The number of rotatable bonds is 5. The first-order chi connectivity index (χ1) is 17.8. The fourth-order valence-electron chi connectivity index (χ4n) is 5.29. The number of benzene rings is 4. The van der Waals surface area contributed by atoms with Gasteiger partial charge >= 0.3 is 0 Å². The third kappa shape index (κ3) is 3.49. The monoisotopic (exact) mass is 570 g/mol. The lowest BCUT2D eigenvalue weighted by molar-refractivity contribution is -0.119. The Bertz CT molecular complexity index is 1760. The second kappa shape index (κ2) is 8.71. The molecule has 184 valence electrons. The predicted octanol–water partition coefficient (Wildman–Crippen LogP) is 6.50. The molecule has 1 N–H and O–H groups in total. The van der Waals surface area contributed by atoms with Crippen LogP contribution in [0.4, 0.5) is 5.69 Å². The molecule has 1 unspecified atom stereocenters. The second-order valence-corrected chi connectivity index (χ2v) is 12.3. The van der Waals surface area contributed by atoms with Crippen LogP contribution in [0.15, 0.2) is 113 Å². The number of hydrogen-bond donors (Lipinski definition) is 1. The summed E-state index contributed by atoms with van der Waals surface area (Å²) in [5.74, 6) is -0.487. The highest BCUT2D eigenvalue weighted by Gasteiger charge is 2.62. The number of aromatic nitrogens is 1. The van der Waals surface area contributed by atoms with Crippen LogP contribution in [0.25, 0.3) is 10.9 Å². The van der Waals surface area contributed by atoms with Crippen LogP contribution in [-0.4, -0.2) is 19.3 Å². The van der Waals surface area contributed by atoms with Crippen molar-refractivity contribution < 1.29 is 13.2 Å². The van der Waals surface area contributed by atoms with Gasteiger partial charge in [-0.05, 0) is 48.9 Å². The summed E-state index contributed by atoms with van der Waals surface area (Å²) < 4.78 is 28.4. The predicted molar refractivity (Wildman–Crippen MR) is 149 cm³/mol. The van der Waals surface area contributed by atoms with Crippen molar-refractivity contribution in [2.45, 2.75) is 23.1 Å². The SMILES string of the molecule is Cc1ccc(S(=O)(=O)C2(c3c[nH]c4ccc(Br)cc34)C(=O)N(Cc3ccccc3)c3ccccc32)cc1. The molecule has 0 saturated carbocycles. The van der Waals surface area contributed by atoms with Crippen molar-refractivity contribution >= 4 is 48.3 Å². The van der Waals surface area contributed by atoms with E-state index < -0.39 is 20.5 Å². The van der Waals surface area contributed by atoms with Crippen molar-refractivity contribution in [1.82, 2.24) is 4.98 Å². The number of halogens is 1. The van der Waals surface area contributed by atoms with Crippen molar-refractivity contribution in [1.29, 1.82) is 0 Å². The molecular formula is C30H23BrN2O3S. The van der Waals surface area contributed by atoms with Gasteiger partial charge in [-0.15, -0.1) is 0 Å². The number of aromatic amines is 1. The lowest BCUT2D eigenvalue weighted by atomic mass is 9.91. The maximum atomic E-state index is 14.8. The topological polar surface area (TPSA) is 70.2 Å². The van der Waals surface area contributed by atoms with Crippen LogP contribution in [-0.2, 0) is 25.9 Å². The summed E-state index contributed by atoms with van der Waals surface area (Å²) in [5, 5.41) is 0.676. The van der Waals surface area contributed by atoms with E-state index in [0.29, 0.717) is 22.2 Å². The lowest BCUT2D eigenvalue weighted by Crippen LogP contribution is -2.46. The van der Waals surface area contributed by atoms with E-state index in [9.17, 15) is 13.2 Å². The molecule has 5 aromatic rings. The fourth-order valence-corrected chi connectivity index (χ4v) is 7.76. The Kier molecular flexibility index (Phi) is 5.58. The molecule has 1 aromatic heterocycles. The number of aryl methyl sites for hydroxylation is 1. The van der Waals surface area contributed by atoms with Crippen molar-refractivity contribution in [3.63, 3.8) is 0 Å². The van der Waals surface area contributed by atoms with Gasteiger partial charge in [-0.3, -0.25) is 4.79 Å². The van der Waals surface area contributed by atoms with Crippen LogP contribution in [0.2, 0.25) is 0 Å². The number of anilines is 1. The van der Waals surface area contributed by atoms with E-state index in [4.69, 9.17) is 0 Å². The van der Waals surface area contributed by atoms with Crippen LogP contribution in [0.5, 0.6) is 0 Å². The highest BCUT2D eigenvalue weighted by atomic mass is 79.9. The Labute approximate surface area is 223 Å². The Morgan fingerprint density at radius 2 is 1.57 bits per heavy atom. The number of carbonyl (C=O) groups is 1. The molecule has 5 nitrogen and oxygen atoms in total. The standard InChI is InChI=1S/C30H23BrN2O3S/c1-20-11-14-23(15-12-20)37(35,36)30(26-18-32-27-16-13-22(31)17-24(26)27)25-9-5-6-10-28(25)33(29(30)34)19-21-7-3-2-4-8-21/h2-18,32H,19H2,1H3. The molecule has 0 bridgehead atoms. The molecule has 0 spiro atoms. The van der Waals surface area contributed by atoms with E-state index in [2.05, 4.69) is 20.9 Å². The van der Waals surface area contributed by atoms with Gasteiger partial charge in [0.25, 0.3) is 5.91 Å². The van der Waals surface area contributed by atoms with Crippen molar-refractivity contribution in [2.24, 2.45) is 0 Å². The molecule has 0 radical (unpaired) electrons. The summed E-state index contributed by atoms with van der Waals surface area (Å²) in [7, 11) is -4.26. The van der Waals surface area contributed by atoms with Crippen molar-refractivity contribution in [3.05, 3.63) is 130 Å². The molecular weight excluding hydrogens is 548 g/mol. The minimum Gasteiger partial charge on any atom is -0.361 e. The molecule has 1 amide bonds. The van der Waals surface area contributed by atoms with Crippen LogP contribution in [0.3, 0.4) is 0 Å². The van der Waals surface area contributed by atoms with E-state index in [1.807, 2.05) is 67.6 Å². The summed E-state index contributed by atoms with van der Waals surface area (Å²) >= 11 is 3.53. The van der Waals surface area contributed by atoms with E-state index >= 15 is 0 Å². The molecule has 1 atom stereocenters. The van der Waals surface area contributed by atoms with Gasteiger partial charge in [0, 0.05) is 38.4 Å². The molecule has 4 aromatic carbocycles. The number of sulfone groups is 1. The number of nitrogens with one attached hydrogen (secondary N) is 1. The second-order valence-electron chi connectivity index (χ2n) is 9.28. The summed E-state index contributed by atoms with van der Waals surface area (Å²) in [5.41, 5.74) is 4.07. The van der Waals surface area contributed by atoms with Gasteiger partial charge in [-0.2, -0.15) is 0 Å². The van der Waals surface area contributed by atoms with E-state index in [-0.39, 0.29) is 11.4 Å². The Balaban J connectivity index is 1.69. The molecule has 7 heteroatoms. The van der Waals surface area contributed by atoms with Gasteiger partial charge in [0.05, 0.1) is 11.4 Å². The van der Waals surface area contributed by atoms with Gasteiger partial charge < -0.3 is 9.88 Å². The van der Waals surface area contributed by atoms with Crippen LogP contribution >= 0.6 is 15.9 Å². The maximum Gasteiger partial charge on any atom is 0.258 e. The van der Waals surface area contributed by atoms with E-state index in [0.717, 1.165) is 21.1 Å². The van der Waals surface area contributed by atoms with Gasteiger partial charge in [0.15, 0.2) is 0 Å². The maximum absolute atomic E-state index is 14.8. The van der Waals surface area contributed by atoms with Gasteiger partial charge in [0.2, 0.25) is 14.6 Å². The number of hydrogen-bond acceptors (Lipinski definition) is 3. The first kappa shape index (κ1) is 23.7. The lowest BCUT2D eigenvalue weighted by Gasteiger charge is -2.29. The molecule has 1 aliphatic rings. The molecule has 2 heterocycles. The average Bonchev–Trinajstić information content (AvgIpc) is 3.42. The highest BCUT2D eigenvalue weighted by molar-refractivity contribution is 9.10. The molecule has 0 fully saturated rings. The van der Waals surface area contributed by atoms with Crippen LogP contribution in [0, 0.1) is 6.92 Å². The zero-order valence-electron chi connectivity index (χ0n) is 20.0. The smallest absolute Gasteiger partial charge is 0.258 e. The zero-order valence-corrected chi connectivity index (χ0v) is 22.4. The number of para-hydroxylation sites is 1. The average molecular weight is 571 g/mol. The van der Waals surface area contributed by atoms with Gasteiger partial charge in [-0.25, -0.2) is 8.42 Å². The van der Waals surface area contributed by atoms with Gasteiger partial charge in [0.1, 0.15) is 0 Å². The van der Waals surface area contributed by atoms with Crippen molar-refractivity contribution in [2.75, 3.05) is 4.90 Å². The summed E-state index contributed by atoms with van der Waals surface area (Å²) in [6.45, 7) is 2.16. The third-order valence-electron chi connectivity index (χ3n) is 7.06. The number of amides is 1. The minimum absolute atomic E-state index is 0.104. The molecule has 1 aliphatic heterocycles. The molecule has 0 aliphatic carbocycles. The van der Waals surface area contributed by atoms with Gasteiger partial charge in [-0.1, -0.05) is 82.2 Å². The number of fused-ring (bicyclic) bond motifs is 2. The Morgan fingerprint density at radius 3 is 2.32 bits per heavy atom. The quantitative estimate of drug-likeness (QED) is 0.262. The number of H-pyrrole nitrogens is 1. The van der Waals surface area contributed by atoms with E-state index in [1.54, 1.807) is 47.5 Å². The molecule has 6 rings (SSSR count). The fraction of sp³-hybridized carbons (Fsp3) is 0.100. The number of carbonyl (C=O) groups excluding carboxylic acids is 1. The first-order valence-electron chi connectivity index (χ1n) is 11.9. The normalized spacial score (nSPS) is 17.4. The zero-order chi connectivity index (χ0) is 25.8. The van der Waals surface area contributed by atoms with Crippen LogP contribution in [0.1, 0.15) is 22.3 Å². The Hall–Kier alpha value is -3.68. The van der Waals surface area contributed by atoms with Crippen molar-refractivity contribution in [3.8, 4) is 0 Å². The first-order valence-corrected chi connectivity index (χ1v) is 14.2. The number of nitrogens with zero attached hydrogens (tertiary/aromatic N) is 1. The van der Waals surface area contributed by atoms with Crippen LogP contribution < -0.4 is 4.90 Å². The largest absolute Gasteiger partial charge is 0.361 e. The molecule has 0 saturated heterocycles. The van der Waals surface area contributed by atoms with E-state index in [1.165, 1.54) is 0 Å². The Morgan fingerprint density at radius 1 is 0.865 bits per heavy atom. The third-order valence-corrected chi connectivity index (χ3v) is 9.87. The summed E-state index contributed by atoms with van der Waals surface area (Å²) in [6.07, 6.45) is 1.67. The highest BCUT2D eigenvalue weighted by Crippen LogP contribution is 2.53. The minimum atomic E-state index is -4.26. The molecule has 37 heavy (non-hydrogen) atoms. The summed E-state index contributed by atoms with van der Waals surface area (Å²) in [6, 6.07) is 29.2.